The fourth-order valence-electron chi connectivity index (χ4n) is 1.64. The molecular formula is C14H14BrClFNOS. The van der Waals surface area contributed by atoms with Crippen LogP contribution in [-0.2, 0) is 6.54 Å². The lowest BCUT2D eigenvalue weighted by Gasteiger charge is -2.09. The Morgan fingerprint density at radius 2 is 2.20 bits per heavy atom. The molecule has 1 N–H and O–H groups in total. The molecule has 0 radical (unpaired) electrons. The van der Waals surface area contributed by atoms with Gasteiger partial charge in [-0.15, -0.1) is 11.3 Å². The van der Waals surface area contributed by atoms with E-state index in [9.17, 15) is 4.39 Å². The maximum atomic E-state index is 13.3. The lowest BCUT2D eigenvalue weighted by Crippen LogP contribution is -2.20. The van der Waals surface area contributed by atoms with Crippen LogP contribution in [0.15, 0.2) is 28.7 Å². The van der Waals surface area contributed by atoms with E-state index in [1.54, 1.807) is 11.3 Å². The van der Waals surface area contributed by atoms with Gasteiger partial charge in [-0.2, -0.15) is 0 Å². The molecule has 0 unspecified atom stereocenters. The van der Waals surface area contributed by atoms with Crippen LogP contribution in [0.2, 0.25) is 5.02 Å². The summed E-state index contributed by atoms with van der Waals surface area (Å²) in [5.41, 5.74) is 0. The molecule has 0 spiro atoms. The Labute approximate surface area is 135 Å². The lowest BCUT2D eigenvalue weighted by atomic mass is 10.3. The van der Waals surface area contributed by atoms with Crippen molar-refractivity contribution in [1.82, 2.24) is 5.32 Å². The Morgan fingerprint density at radius 1 is 1.40 bits per heavy atom. The van der Waals surface area contributed by atoms with E-state index in [2.05, 4.69) is 40.3 Å². The van der Waals surface area contributed by atoms with Gasteiger partial charge in [0.25, 0.3) is 0 Å². The Hall–Kier alpha value is -0.620. The van der Waals surface area contributed by atoms with Gasteiger partial charge in [0, 0.05) is 28.9 Å². The average Bonchev–Trinajstić information content (AvgIpc) is 2.81. The summed E-state index contributed by atoms with van der Waals surface area (Å²) in [5, 5.41) is 3.36. The molecule has 2 aromatic rings. The molecule has 2 rings (SSSR count). The van der Waals surface area contributed by atoms with E-state index in [0.717, 1.165) is 6.54 Å². The fourth-order valence-corrected chi connectivity index (χ4v) is 3.25. The van der Waals surface area contributed by atoms with Crippen LogP contribution >= 0.6 is 38.9 Å². The first-order chi connectivity index (χ1) is 9.56. The SMILES string of the molecule is Cc1ccc(CNCCOc2cc(F)c(Cl)cc2Br)s1. The standard InChI is InChI=1S/C14H14BrClFNOS/c1-9-2-3-10(20-9)8-18-4-5-19-14-7-13(17)12(16)6-11(14)15/h2-3,6-7,18H,4-5,8H2,1H3. The molecule has 0 fully saturated rings. The monoisotopic (exact) mass is 377 g/mol. The number of hydrogen-bond acceptors (Lipinski definition) is 3. The Morgan fingerprint density at radius 3 is 2.90 bits per heavy atom. The number of halogens is 3. The van der Waals surface area contributed by atoms with E-state index >= 15 is 0 Å². The smallest absolute Gasteiger partial charge is 0.145 e. The fraction of sp³-hybridized carbons (Fsp3) is 0.286. The molecule has 0 aliphatic carbocycles. The van der Waals surface area contributed by atoms with Crippen molar-refractivity contribution in [1.29, 1.82) is 0 Å². The van der Waals surface area contributed by atoms with Crippen LogP contribution in [0.3, 0.4) is 0 Å². The third kappa shape index (κ3) is 4.45. The average molecular weight is 379 g/mol. The highest BCUT2D eigenvalue weighted by atomic mass is 79.9. The number of benzene rings is 1. The summed E-state index contributed by atoms with van der Waals surface area (Å²) in [4.78, 5) is 2.60. The molecule has 1 aromatic carbocycles. The summed E-state index contributed by atoms with van der Waals surface area (Å²) in [6, 6.07) is 6.99. The van der Waals surface area contributed by atoms with Crippen molar-refractivity contribution >= 4 is 38.9 Å². The molecule has 108 valence electrons. The molecule has 2 nitrogen and oxygen atoms in total. The molecule has 0 atom stereocenters. The maximum absolute atomic E-state index is 13.3. The molecule has 0 aliphatic rings. The molecular weight excluding hydrogens is 365 g/mol. The van der Waals surface area contributed by atoms with E-state index in [-0.39, 0.29) is 5.02 Å². The first-order valence-electron chi connectivity index (χ1n) is 6.09. The minimum atomic E-state index is -0.480. The largest absolute Gasteiger partial charge is 0.491 e. The molecule has 0 amide bonds. The van der Waals surface area contributed by atoms with Gasteiger partial charge in [-0.1, -0.05) is 11.6 Å². The number of rotatable bonds is 6. The van der Waals surface area contributed by atoms with Crippen LogP contribution in [0.4, 0.5) is 4.39 Å². The highest BCUT2D eigenvalue weighted by Crippen LogP contribution is 2.30. The van der Waals surface area contributed by atoms with Crippen LogP contribution in [0.1, 0.15) is 9.75 Å². The maximum Gasteiger partial charge on any atom is 0.145 e. The van der Waals surface area contributed by atoms with Crippen LogP contribution in [0, 0.1) is 12.7 Å². The van der Waals surface area contributed by atoms with E-state index in [1.165, 1.54) is 21.9 Å². The molecule has 0 bridgehead atoms. The topological polar surface area (TPSA) is 21.3 Å². The minimum absolute atomic E-state index is 0.0791. The van der Waals surface area contributed by atoms with Crippen LogP contribution in [0.5, 0.6) is 5.75 Å². The van der Waals surface area contributed by atoms with Crippen molar-refractivity contribution in [3.05, 3.63) is 49.3 Å². The predicted octanol–water partition coefficient (Wildman–Crippen LogP) is 4.78. The second-order valence-electron chi connectivity index (χ2n) is 4.23. The van der Waals surface area contributed by atoms with Crippen molar-refractivity contribution in [2.75, 3.05) is 13.2 Å². The second-order valence-corrected chi connectivity index (χ2v) is 6.87. The molecule has 1 aromatic heterocycles. The normalized spacial score (nSPS) is 10.8. The van der Waals surface area contributed by atoms with Gasteiger partial charge < -0.3 is 10.1 Å². The molecule has 6 heteroatoms. The van der Waals surface area contributed by atoms with Crippen LogP contribution in [-0.4, -0.2) is 13.2 Å². The van der Waals surface area contributed by atoms with Crippen molar-refractivity contribution in [3.8, 4) is 5.75 Å². The quantitative estimate of drug-likeness (QED) is 0.577. The number of hydrogen-bond donors (Lipinski definition) is 1. The molecule has 1 heterocycles. The minimum Gasteiger partial charge on any atom is -0.491 e. The Balaban J connectivity index is 1.75. The summed E-state index contributed by atoms with van der Waals surface area (Å²) in [6.45, 7) is 4.06. The third-order valence-corrected chi connectivity index (χ3v) is 4.52. The van der Waals surface area contributed by atoms with E-state index < -0.39 is 5.82 Å². The van der Waals surface area contributed by atoms with Gasteiger partial charge in [0.05, 0.1) is 9.50 Å². The summed E-state index contributed by atoms with van der Waals surface area (Å²) < 4.78 is 19.5. The summed E-state index contributed by atoms with van der Waals surface area (Å²) in [6.07, 6.45) is 0. The van der Waals surface area contributed by atoms with E-state index in [1.807, 2.05) is 0 Å². The van der Waals surface area contributed by atoms with Crippen LogP contribution in [0.25, 0.3) is 0 Å². The predicted molar refractivity (Wildman–Crippen MR) is 85.4 cm³/mol. The van der Waals surface area contributed by atoms with Gasteiger partial charge >= 0.3 is 0 Å². The molecule has 20 heavy (non-hydrogen) atoms. The van der Waals surface area contributed by atoms with Crippen molar-refractivity contribution < 1.29 is 9.13 Å². The number of aryl methyl sites for hydroxylation is 1. The van der Waals surface area contributed by atoms with E-state index in [0.29, 0.717) is 23.4 Å². The number of nitrogens with one attached hydrogen (secondary N) is 1. The molecule has 0 aliphatic heterocycles. The van der Waals surface area contributed by atoms with Gasteiger partial charge in [0.15, 0.2) is 0 Å². The van der Waals surface area contributed by atoms with Gasteiger partial charge in [-0.3, -0.25) is 0 Å². The summed E-state index contributed by atoms with van der Waals surface area (Å²) >= 11 is 10.7. The zero-order valence-corrected chi connectivity index (χ0v) is 14.0. The second kappa shape index (κ2) is 7.41. The van der Waals surface area contributed by atoms with Crippen molar-refractivity contribution in [2.24, 2.45) is 0 Å². The third-order valence-electron chi connectivity index (χ3n) is 2.61. The molecule has 0 saturated carbocycles. The summed E-state index contributed by atoms with van der Waals surface area (Å²) in [5.74, 6) is -0.0208. The Kier molecular flexibility index (Phi) is 5.84. The van der Waals surface area contributed by atoms with Gasteiger partial charge in [-0.25, -0.2) is 4.39 Å². The molecule has 0 saturated heterocycles. The van der Waals surface area contributed by atoms with Crippen molar-refractivity contribution in [3.63, 3.8) is 0 Å². The van der Waals surface area contributed by atoms with E-state index in [4.69, 9.17) is 16.3 Å². The first kappa shape index (κ1) is 15.8. The highest BCUT2D eigenvalue weighted by Gasteiger charge is 2.07. The van der Waals surface area contributed by atoms with Crippen molar-refractivity contribution in [2.45, 2.75) is 13.5 Å². The zero-order chi connectivity index (χ0) is 14.5. The first-order valence-corrected chi connectivity index (χ1v) is 8.08. The van der Waals surface area contributed by atoms with Crippen LogP contribution < -0.4 is 10.1 Å². The highest BCUT2D eigenvalue weighted by molar-refractivity contribution is 9.10. The lowest BCUT2D eigenvalue weighted by molar-refractivity contribution is 0.310. The zero-order valence-electron chi connectivity index (χ0n) is 10.9. The van der Waals surface area contributed by atoms with Gasteiger partial charge in [-0.05, 0) is 41.1 Å². The summed E-state index contributed by atoms with van der Waals surface area (Å²) in [7, 11) is 0. The van der Waals surface area contributed by atoms with Gasteiger partial charge in [0.1, 0.15) is 18.2 Å². The number of thiophene rings is 1. The Bertz CT molecular complexity index is 591. The van der Waals surface area contributed by atoms with Gasteiger partial charge in [0.2, 0.25) is 0 Å². The number of ether oxygens (including phenoxy) is 1.